The summed E-state index contributed by atoms with van der Waals surface area (Å²) < 4.78 is 100. The molecular weight excluding hydrogens is 1200 g/mol. The van der Waals surface area contributed by atoms with E-state index in [9.17, 15) is 24.0 Å². The third-order valence-corrected chi connectivity index (χ3v) is 17.2. The van der Waals surface area contributed by atoms with Gasteiger partial charge in [0.1, 0.15) is 62.2 Å². The number of aromatic nitrogens is 2. The average Bonchev–Trinajstić information content (AvgIpc) is 1.97. The molecule has 26 heteroatoms. The molecule has 2 unspecified atom stereocenters. The van der Waals surface area contributed by atoms with E-state index in [0.717, 1.165) is 18.4 Å². The highest BCUT2D eigenvalue weighted by molar-refractivity contribution is 7.50. The first-order valence-corrected chi connectivity index (χ1v) is 31.3. The third kappa shape index (κ3) is 18.9. The number of nitrogens with zero attached hydrogens (tertiary/aromatic N) is 3. The molecule has 7 rings (SSSR count). The number of rotatable bonds is 34. The first-order valence-electron chi connectivity index (χ1n) is 29.9. The molecule has 4 aromatic carbocycles. The molecule has 91 heavy (non-hydrogen) atoms. The number of carbonyl (C=O) groups excluding carboxylic acids is 5. The second kappa shape index (κ2) is 34.4. The van der Waals surface area contributed by atoms with Crippen molar-refractivity contribution in [3.05, 3.63) is 154 Å². The van der Waals surface area contributed by atoms with Gasteiger partial charge in [0.2, 0.25) is 5.91 Å². The van der Waals surface area contributed by atoms with Gasteiger partial charge in [0.05, 0.1) is 60.5 Å². The highest BCUT2D eigenvalue weighted by Crippen LogP contribution is 2.52. The van der Waals surface area contributed by atoms with E-state index < -0.39 is 111 Å². The Kier molecular flexibility index (Phi) is 26.9. The molecular formula is C65H83FN5O19P. The third-order valence-electron chi connectivity index (χ3n) is 14.7. The quantitative estimate of drug-likeness (QED) is 0.0106. The summed E-state index contributed by atoms with van der Waals surface area (Å²) in [6, 6.07) is 32.3. The maximum absolute atomic E-state index is 18.3. The van der Waals surface area contributed by atoms with Crippen molar-refractivity contribution in [2.75, 3.05) is 79.0 Å². The standard InChI is InChI=1S/C65H83FN5O19P/c1-40(2)71(41(3)4)91(38-37-82-34-33-80-31-32-81-35-36-83-63-55(68-42(5)72)59(86-45(8)75)57(85-44(7)74)52(87-63)39-84-43(6)73)90-58-54(66)62(70-30-29-53(67)69-64(70)77)88-61(58)60(56(76)46-17-13-11-14-18-46)89-65(47-19-15-12-16-20-47,48-21-25-50(78-9)26-22-48)49-23-27-51(79-10)28-24-49/h11-30,40-41,52,54-55,57-63H,31-39H2,1-10H3,(H,68,72)(H2,67,69,77)/t52-,54-,55-,57+,58+,59-,60?,61+,62-,63-,91?/m1/s1. The van der Waals surface area contributed by atoms with Gasteiger partial charge in [0.25, 0.3) is 0 Å². The largest absolute Gasteiger partial charge is 0.497 e. The topological polar surface area (TPSA) is 282 Å². The molecule has 11 atom stereocenters. The summed E-state index contributed by atoms with van der Waals surface area (Å²) in [5.74, 6) is -2.15. The predicted octanol–water partition coefficient (Wildman–Crippen LogP) is 6.88. The van der Waals surface area contributed by atoms with Crippen LogP contribution >= 0.6 is 8.30 Å². The predicted molar refractivity (Wildman–Crippen MR) is 331 cm³/mol. The Morgan fingerprint density at radius 2 is 1.21 bits per heavy atom. The van der Waals surface area contributed by atoms with Crippen LogP contribution in [0.5, 0.6) is 11.5 Å². The van der Waals surface area contributed by atoms with E-state index >= 15 is 9.18 Å². The van der Waals surface area contributed by atoms with Crippen molar-refractivity contribution >= 4 is 43.7 Å². The fraction of sp³-hybridized carbons (Fsp3) is 0.492. The van der Waals surface area contributed by atoms with E-state index in [4.69, 9.17) is 67.1 Å². The van der Waals surface area contributed by atoms with Crippen LogP contribution in [0.3, 0.4) is 0 Å². The van der Waals surface area contributed by atoms with Crippen molar-refractivity contribution in [2.24, 2.45) is 0 Å². The Hall–Kier alpha value is -7.29. The molecule has 2 fully saturated rings. The summed E-state index contributed by atoms with van der Waals surface area (Å²) in [6.07, 6.45) is -11.9. The van der Waals surface area contributed by atoms with Crippen molar-refractivity contribution in [3.63, 3.8) is 0 Å². The molecule has 0 spiro atoms. The number of ketones is 1. The SMILES string of the molecule is COc1ccc(C(OC(C(=O)c2ccccc2)[C@H]2O[C@@H](n3ccc(N)nc3=O)[C@H](F)[C@@H]2OP(CCOCCOCCOCCO[C@@H]2O[C@H](COC(C)=O)[C@H](OC(C)=O)[C@H](OC(C)=O)[C@H]2NC(C)=O)N(C(C)C)C(C)C)(c2ccccc2)c2ccc(OC)cc2)cc1. The van der Waals surface area contributed by atoms with Crippen LogP contribution in [0.15, 0.2) is 126 Å². The molecule has 1 aromatic heterocycles. The number of hydrogen-bond acceptors (Lipinski definition) is 22. The number of carbonyl (C=O) groups is 5. The minimum absolute atomic E-state index is 0.0337. The van der Waals surface area contributed by atoms with Gasteiger partial charge in [-0.3, -0.25) is 33.2 Å². The minimum atomic E-state index is -2.10. The molecule has 0 radical (unpaired) electrons. The smallest absolute Gasteiger partial charge is 0.351 e. The Labute approximate surface area is 530 Å². The number of Topliss-reactive ketones (excluding diaryl/α,β-unsaturated/α-hetero) is 1. The lowest BCUT2D eigenvalue weighted by Gasteiger charge is -2.44. The van der Waals surface area contributed by atoms with Crippen molar-refractivity contribution in [2.45, 2.75) is 134 Å². The van der Waals surface area contributed by atoms with Gasteiger partial charge in [-0.15, -0.1) is 0 Å². The van der Waals surface area contributed by atoms with E-state index in [0.29, 0.717) is 28.2 Å². The number of halogens is 1. The van der Waals surface area contributed by atoms with Crippen molar-refractivity contribution in [1.82, 2.24) is 19.5 Å². The van der Waals surface area contributed by atoms with E-state index in [2.05, 4.69) is 15.0 Å². The molecule has 1 amide bonds. The van der Waals surface area contributed by atoms with Gasteiger partial charge in [-0.2, -0.15) is 4.98 Å². The van der Waals surface area contributed by atoms with Crippen LogP contribution in [0.1, 0.15) is 88.7 Å². The van der Waals surface area contributed by atoms with Gasteiger partial charge in [-0.1, -0.05) is 84.9 Å². The second-order valence-corrected chi connectivity index (χ2v) is 23.7. The molecule has 2 saturated heterocycles. The van der Waals surface area contributed by atoms with Crippen LogP contribution in [0.2, 0.25) is 0 Å². The summed E-state index contributed by atoms with van der Waals surface area (Å²) in [6.45, 7) is 13.1. The number of ether oxygens (including phenoxy) is 12. The van der Waals surface area contributed by atoms with Crippen LogP contribution in [-0.4, -0.2) is 184 Å². The average molecular weight is 1290 g/mol. The molecule has 3 heterocycles. The van der Waals surface area contributed by atoms with Crippen molar-refractivity contribution in [1.29, 1.82) is 0 Å². The van der Waals surface area contributed by atoms with Gasteiger partial charge in [0.15, 0.2) is 42.8 Å². The fourth-order valence-corrected chi connectivity index (χ4v) is 13.2. The molecule has 2 aliphatic heterocycles. The van der Waals surface area contributed by atoms with Gasteiger partial charge < -0.3 is 72.4 Å². The lowest BCUT2D eigenvalue weighted by Crippen LogP contribution is -2.66. The second-order valence-electron chi connectivity index (χ2n) is 21.9. The summed E-state index contributed by atoms with van der Waals surface area (Å²) in [4.78, 5) is 81.8. The van der Waals surface area contributed by atoms with Gasteiger partial charge >= 0.3 is 23.6 Å². The number of nitrogens with one attached hydrogen (secondary N) is 1. The Bertz CT molecular complexity index is 3130. The fourth-order valence-electron chi connectivity index (χ4n) is 10.9. The van der Waals surface area contributed by atoms with Gasteiger partial charge in [-0.25, -0.2) is 9.18 Å². The lowest BCUT2D eigenvalue weighted by molar-refractivity contribution is -0.279. The molecule has 0 saturated carbocycles. The highest BCUT2D eigenvalue weighted by Gasteiger charge is 2.57. The maximum atomic E-state index is 18.3. The molecule has 5 aromatic rings. The maximum Gasteiger partial charge on any atom is 0.351 e. The summed E-state index contributed by atoms with van der Waals surface area (Å²) in [5.41, 5.74) is 5.45. The zero-order chi connectivity index (χ0) is 65.8. The number of benzene rings is 4. The van der Waals surface area contributed by atoms with Crippen LogP contribution in [0, 0.1) is 0 Å². The highest BCUT2D eigenvalue weighted by atomic mass is 31.2. The number of amides is 1. The normalized spacial score (nSPS) is 21.5. The number of hydrogen-bond donors (Lipinski definition) is 2. The van der Waals surface area contributed by atoms with Crippen molar-refractivity contribution in [3.8, 4) is 11.5 Å². The number of nitrogens with two attached hydrogens (primary N) is 1. The summed E-state index contributed by atoms with van der Waals surface area (Å²) in [5, 5.41) is 2.65. The number of esters is 3. The first kappa shape index (κ1) is 71.2. The number of methoxy groups -OCH3 is 2. The van der Waals surface area contributed by atoms with Crippen molar-refractivity contribution < 1.29 is 89.7 Å². The van der Waals surface area contributed by atoms with Crippen LogP contribution in [0.25, 0.3) is 0 Å². The summed E-state index contributed by atoms with van der Waals surface area (Å²) >= 11 is 0. The molecule has 0 aliphatic carbocycles. The molecule has 0 bridgehead atoms. The van der Waals surface area contributed by atoms with Crippen LogP contribution < -0.4 is 26.2 Å². The molecule has 24 nitrogen and oxygen atoms in total. The monoisotopic (exact) mass is 1290 g/mol. The Morgan fingerprint density at radius 3 is 1.73 bits per heavy atom. The van der Waals surface area contributed by atoms with Crippen LogP contribution in [-0.2, 0) is 76.7 Å². The molecule has 494 valence electrons. The Balaban J connectivity index is 1.09. The number of alkyl halides is 1. The minimum Gasteiger partial charge on any atom is -0.497 e. The van der Waals surface area contributed by atoms with E-state index in [1.165, 1.54) is 26.1 Å². The Morgan fingerprint density at radius 1 is 0.681 bits per heavy atom. The zero-order valence-corrected chi connectivity index (χ0v) is 53.7. The lowest BCUT2D eigenvalue weighted by atomic mass is 9.79. The zero-order valence-electron chi connectivity index (χ0n) is 52.8. The van der Waals surface area contributed by atoms with Gasteiger partial charge in [-0.05, 0) is 74.7 Å². The van der Waals surface area contributed by atoms with E-state index in [1.54, 1.807) is 68.8 Å². The summed E-state index contributed by atoms with van der Waals surface area (Å²) in [7, 11) is 1.31. The molecule has 2 aliphatic rings. The molecule has 3 N–H and O–H groups in total. The van der Waals surface area contributed by atoms with E-state index in [1.807, 2.05) is 82.3 Å². The number of nitrogen functional groups attached to an aromatic ring is 1. The van der Waals surface area contributed by atoms with E-state index in [-0.39, 0.29) is 82.5 Å². The first-order chi connectivity index (χ1) is 43.7. The number of anilines is 1. The van der Waals surface area contributed by atoms with Gasteiger partial charge in [0, 0.05) is 57.7 Å². The van der Waals surface area contributed by atoms with Crippen LogP contribution in [0.4, 0.5) is 10.2 Å².